The molecule has 142 valence electrons. The minimum Gasteiger partial charge on any atom is -0.346 e. The molecule has 27 heavy (non-hydrogen) atoms. The molecule has 1 aliphatic carbocycles. The molecule has 2 aromatic rings. The van der Waals surface area contributed by atoms with Crippen molar-refractivity contribution in [1.29, 1.82) is 0 Å². The first-order valence-corrected chi connectivity index (χ1v) is 9.47. The molecule has 0 radical (unpaired) electrons. The molecule has 0 unspecified atom stereocenters. The van der Waals surface area contributed by atoms with E-state index in [2.05, 4.69) is 10.6 Å². The highest BCUT2D eigenvalue weighted by atomic mass is 19.1. The van der Waals surface area contributed by atoms with Crippen molar-refractivity contribution in [1.82, 2.24) is 5.32 Å². The predicted octanol–water partition coefficient (Wildman–Crippen LogP) is 3.95. The van der Waals surface area contributed by atoms with E-state index in [9.17, 15) is 14.0 Å². The van der Waals surface area contributed by atoms with E-state index in [1.165, 1.54) is 12.1 Å². The van der Waals surface area contributed by atoms with Crippen molar-refractivity contribution in [2.75, 3.05) is 11.9 Å². The number of aryl methyl sites for hydroxylation is 1. The van der Waals surface area contributed by atoms with Crippen LogP contribution in [0.25, 0.3) is 0 Å². The SMILES string of the molecule is CCc1ccccc1NC(=O)CNC(=O)C1(c2ccc(F)cc2)CCCC1. The molecule has 2 N–H and O–H groups in total. The van der Waals surface area contributed by atoms with Crippen molar-refractivity contribution in [3.05, 3.63) is 65.5 Å². The number of hydrogen-bond donors (Lipinski definition) is 2. The lowest BCUT2D eigenvalue weighted by molar-refractivity contribution is -0.128. The Kier molecular flexibility index (Phi) is 5.89. The monoisotopic (exact) mass is 368 g/mol. The first-order chi connectivity index (χ1) is 13.0. The third kappa shape index (κ3) is 4.18. The number of para-hydroxylation sites is 1. The summed E-state index contributed by atoms with van der Waals surface area (Å²) in [5.74, 6) is -0.733. The second-order valence-electron chi connectivity index (χ2n) is 7.04. The highest BCUT2D eigenvalue weighted by Gasteiger charge is 2.42. The molecule has 5 heteroatoms. The molecule has 0 spiro atoms. The van der Waals surface area contributed by atoms with E-state index in [1.54, 1.807) is 12.1 Å². The molecule has 1 aliphatic rings. The third-order valence-corrected chi connectivity index (χ3v) is 5.37. The van der Waals surface area contributed by atoms with Crippen LogP contribution in [0.1, 0.15) is 43.7 Å². The molecule has 2 aromatic carbocycles. The van der Waals surface area contributed by atoms with Gasteiger partial charge in [-0.1, -0.05) is 50.1 Å². The topological polar surface area (TPSA) is 58.2 Å². The van der Waals surface area contributed by atoms with Gasteiger partial charge in [-0.2, -0.15) is 0 Å². The van der Waals surface area contributed by atoms with Crippen LogP contribution in [-0.2, 0) is 21.4 Å². The summed E-state index contributed by atoms with van der Waals surface area (Å²) in [5.41, 5.74) is 1.97. The molecule has 4 nitrogen and oxygen atoms in total. The van der Waals surface area contributed by atoms with Gasteiger partial charge in [0.25, 0.3) is 0 Å². The van der Waals surface area contributed by atoms with E-state index in [4.69, 9.17) is 0 Å². The van der Waals surface area contributed by atoms with Crippen molar-refractivity contribution in [2.24, 2.45) is 0 Å². The minimum atomic E-state index is -0.671. The Hall–Kier alpha value is -2.69. The highest BCUT2D eigenvalue weighted by molar-refractivity contribution is 5.97. The molecule has 0 atom stereocenters. The molecular weight excluding hydrogens is 343 g/mol. The normalized spacial score (nSPS) is 15.3. The molecule has 0 aromatic heterocycles. The number of hydrogen-bond acceptors (Lipinski definition) is 2. The zero-order chi connectivity index (χ0) is 19.3. The van der Waals surface area contributed by atoms with Gasteiger partial charge in [0, 0.05) is 5.69 Å². The smallest absolute Gasteiger partial charge is 0.243 e. The zero-order valence-electron chi connectivity index (χ0n) is 15.6. The summed E-state index contributed by atoms with van der Waals surface area (Å²) in [5, 5.41) is 5.66. The molecule has 0 heterocycles. The number of halogens is 1. The van der Waals surface area contributed by atoms with Crippen LogP contribution in [0.15, 0.2) is 48.5 Å². The summed E-state index contributed by atoms with van der Waals surface area (Å²) in [6.07, 6.45) is 4.13. The molecule has 1 fully saturated rings. The van der Waals surface area contributed by atoms with Crippen molar-refractivity contribution in [3.8, 4) is 0 Å². The Morgan fingerprint density at radius 1 is 1.04 bits per heavy atom. The van der Waals surface area contributed by atoms with Crippen LogP contribution in [0, 0.1) is 5.82 Å². The van der Waals surface area contributed by atoms with Crippen LogP contribution < -0.4 is 10.6 Å². The summed E-state index contributed by atoms with van der Waals surface area (Å²) in [6.45, 7) is 1.94. The van der Waals surface area contributed by atoms with Gasteiger partial charge in [0.05, 0.1) is 12.0 Å². The van der Waals surface area contributed by atoms with Crippen molar-refractivity contribution < 1.29 is 14.0 Å². The number of rotatable bonds is 6. The van der Waals surface area contributed by atoms with Crippen LogP contribution in [0.5, 0.6) is 0 Å². The number of carbonyl (C=O) groups excluding carboxylic acids is 2. The van der Waals surface area contributed by atoms with Gasteiger partial charge in [-0.3, -0.25) is 9.59 Å². The van der Waals surface area contributed by atoms with Crippen LogP contribution in [0.2, 0.25) is 0 Å². The maximum absolute atomic E-state index is 13.3. The van der Waals surface area contributed by atoms with Crippen molar-refractivity contribution in [3.63, 3.8) is 0 Å². The molecule has 0 saturated heterocycles. The average molecular weight is 368 g/mol. The maximum Gasteiger partial charge on any atom is 0.243 e. The summed E-state index contributed by atoms with van der Waals surface area (Å²) in [6, 6.07) is 13.8. The highest BCUT2D eigenvalue weighted by Crippen LogP contribution is 2.41. The quantitative estimate of drug-likeness (QED) is 0.811. The number of benzene rings is 2. The van der Waals surface area contributed by atoms with E-state index >= 15 is 0 Å². The Balaban J connectivity index is 1.66. The molecule has 3 rings (SSSR count). The van der Waals surface area contributed by atoms with Gasteiger partial charge in [0.2, 0.25) is 11.8 Å². The fraction of sp³-hybridized carbons (Fsp3) is 0.364. The predicted molar refractivity (Wildman–Crippen MR) is 104 cm³/mol. The van der Waals surface area contributed by atoms with E-state index in [1.807, 2.05) is 31.2 Å². The fourth-order valence-corrected chi connectivity index (χ4v) is 3.87. The molecule has 1 saturated carbocycles. The number of amides is 2. The van der Waals surface area contributed by atoms with Gasteiger partial charge in [0.15, 0.2) is 0 Å². The second-order valence-corrected chi connectivity index (χ2v) is 7.04. The van der Waals surface area contributed by atoms with E-state index in [-0.39, 0.29) is 24.2 Å². The number of carbonyl (C=O) groups is 2. The zero-order valence-corrected chi connectivity index (χ0v) is 15.6. The Labute approximate surface area is 159 Å². The number of anilines is 1. The summed E-state index contributed by atoms with van der Waals surface area (Å²) < 4.78 is 13.3. The fourth-order valence-electron chi connectivity index (χ4n) is 3.87. The molecule has 2 amide bonds. The third-order valence-electron chi connectivity index (χ3n) is 5.37. The van der Waals surface area contributed by atoms with Crippen LogP contribution in [0.4, 0.5) is 10.1 Å². The van der Waals surface area contributed by atoms with Gasteiger partial charge in [-0.05, 0) is 48.6 Å². The van der Waals surface area contributed by atoms with Crippen LogP contribution in [0.3, 0.4) is 0 Å². The summed E-state index contributed by atoms with van der Waals surface area (Å²) in [7, 11) is 0. The van der Waals surface area contributed by atoms with Gasteiger partial charge in [-0.25, -0.2) is 4.39 Å². The first kappa shape index (κ1) is 19.1. The maximum atomic E-state index is 13.3. The van der Waals surface area contributed by atoms with Crippen molar-refractivity contribution in [2.45, 2.75) is 44.4 Å². The van der Waals surface area contributed by atoms with Crippen LogP contribution >= 0.6 is 0 Å². The van der Waals surface area contributed by atoms with Gasteiger partial charge < -0.3 is 10.6 Å². The summed E-state index contributed by atoms with van der Waals surface area (Å²) in [4.78, 5) is 25.3. The van der Waals surface area contributed by atoms with Gasteiger partial charge >= 0.3 is 0 Å². The lowest BCUT2D eigenvalue weighted by atomic mass is 9.78. The largest absolute Gasteiger partial charge is 0.346 e. The minimum absolute atomic E-state index is 0.0835. The van der Waals surface area contributed by atoms with E-state index in [0.29, 0.717) is 12.8 Å². The standard InChI is InChI=1S/C22H25FN2O2/c1-2-16-7-3-4-8-19(16)25-20(26)15-24-21(27)22(13-5-6-14-22)17-9-11-18(23)12-10-17/h3-4,7-12H,2,5-6,13-15H2,1H3,(H,24,27)(H,25,26). The Morgan fingerprint density at radius 2 is 1.70 bits per heavy atom. The molecule has 0 bridgehead atoms. The summed E-state index contributed by atoms with van der Waals surface area (Å²) >= 11 is 0. The molecular formula is C22H25FN2O2. The lowest BCUT2D eigenvalue weighted by Crippen LogP contribution is -2.45. The number of nitrogens with one attached hydrogen (secondary N) is 2. The van der Waals surface area contributed by atoms with Gasteiger partial charge in [-0.15, -0.1) is 0 Å². The van der Waals surface area contributed by atoms with E-state index < -0.39 is 5.41 Å². The van der Waals surface area contributed by atoms with Crippen LogP contribution in [-0.4, -0.2) is 18.4 Å². The molecule has 0 aliphatic heterocycles. The second kappa shape index (κ2) is 8.33. The van der Waals surface area contributed by atoms with Crippen molar-refractivity contribution >= 4 is 17.5 Å². The lowest BCUT2D eigenvalue weighted by Gasteiger charge is -2.28. The average Bonchev–Trinajstić information content (AvgIpc) is 3.18. The first-order valence-electron chi connectivity index (χ1n) is 9.47. The van der Waals surface area contributed by atoms with Gasteiger partial charge in [0.1, 0.15) is 5.82 Å². The Morgan fingerprint density at radius 3 is 2.37 bits per heavy atom. The van der Waals surface area contributed by atoms with E-state index in [0.717, 1.165) is 36.1 Å². The Bertz CT molecular complexity index is 811.